The van der Waals surface area contributed by atoms with Crippen LogP contribution in [0.2, 0.25) is 0 Å². The maximum absolute atomic E-state index is 13.8. The van der Waals surface area contributed by atoms with E-state index < -0.39 is 11.8 Å². The van der Waals surface area contributed by atoms with Crippen molar-refractivity contribution in [1.82, 2.24) is 15.0 Å². The van der Waals surface area contributed by atoms with Crippen LogP contribution in [0.1, 0.15) is 24.8 Å². The predicted octanol–water partition coefficient (Wildman–Crippen LogP) is 4.25. The van der Waals surface area contributed by atoms with Crippen molar-refractivity contribution in [1.29, 1.82) is 0 Å². The van der Waals surface area contributed by atoms with Gasteiger partial charge in [0.2, 0.25) is 11.7 Å². The number of anilines is 1. The second-order valence-electron chi connectivity index (χ2n) is 6.45. The first kappa shape index (κ1) is 18.0. The van der Waals surface area contributed by atoms with Crippen LogP contribution < -0.4 is 10.1 Å². The third-order valence-corrected chi connectivity index (χ3v) is 4.70. The molecule has 1 aliphatic heterocycles. The summed E-state index contributed by atoms with van der Waals surface area (Å²) in [5.41, 5.74) is 0.929. The zero-order valence-electron chi connectivity index (χ0n) is 15.3. The molecule has 144 valence electrons. The van der Waals surface area contributed by atoms with E-state index in [9.17, 15) is 9.18 Å². The summed E-state index contributed by atoms with van der Waals surface area (Å²) in [4.78, 5) is 18.7. The molecule has 2 amide bonds. The second kappa shape index (κ2) is 7.67. The van der Waals surface area contributed by atoms with Gasteiger partial charge in [-0.2, -0.15) is 4.98 Å². The highest BCUT2D eigenvalue weighted by Gasteiger charge is 2.34. The monoisotopic (exact) mass is 382 g/mol. The molecule has 1 N–H and O–H groups in total. The molecule has 2 heterocycles. The Hall–Kier alpha value is -3.42. The molecule has 7 nitrogen and oxygen atoms in total. The third-order valence-electron chi connectivity index (χ3n) is 4.70. The molecule has 0 aliphatic carbocycles. The third kappa shape index (κ3) is 3.53. The molecule has 1 aromatic heterocycles. The second-order valence-corrected chi connectivity index (χ2v) is 6.45. The number of methoxy groups -OCH3 is 1. The number of hydrogen-bond acceptors (Lipinski definition) is 5. The Morgan fingerprint density at radius 3 is 2.79 bits per heavy atom. The highest BCUT2D eigenvalue weighted by Crippen LogP contribution is 2.33. The Balaban J connectivity index is 1.51. The number of halogens is 1. The number of ether oxygens (including phenoxy) is 1. The van der Waals surface area contributed by atoms with E-state index in [1.165, 1.54) is 12.1 Å². The fourth-order valence-electron chi connectivity index (χ4n) is 3.24. The van der Waals surface area contributed by atoms with E-state index in [1.807, 2.05) is 24.3 Å². The lowest BCUT2D eigenvalue weighted by Crippen LogP contribution is -2.34. The molecule has 0 bridgehead atoms. The Labute approximate surface area is 161 Å². The Bertz CT molecular complexity index is 974. The largest absolute Gasteiger partial charge is 0.497 e. The van der Waals surface area contributed by atoms with Gasteiger partial charge in [0.05, 0.1) is 12.8 Å². The van der Waals surface area contributed by atoms with Crippen molar-refractivity contribution in [2.75, 3.05) is 19.0 Å². The summed E-state index contributed by atoms with van der Waals surface area (Å²) in [7, 11) is 1.60. The first-order valence-electron chi connectivity index (χ1n) is 8.96. The van der Waals surface area contributed by atoms with Gasteiger partial charge in [-0.05, 0) is 49.2 Å². The van der Waals surface area contributed by atoms with E-state index in [1.54, 1.807) is 24.1 Å². The molecule has 0 saturated carbocycles. The molecule has 8 heteroatoms. The first-order chi connectivity index (χ1) is 13.7. The zero-order valence-corrected chi connectivity index (χ0v) is 15.3. The molecule has 4 rings (SSSR count). The van der Waals surface area contributed by atoms with Crippen molar-refractivity contribution in [2.24, 2.45) is 0 Å². The van der Waals surface area contributed by atoms with Crippen LogP contribution in [0.25, 0.3) is 11.4 Å². The average Bonchev–Trinajstić information content (AvgIpc) is 3.39. The van der Waals surface area contributed by atoms with Crippen molar-refractivity contribution in [2.45, 2.75) is 18.9 Å². The van der Waals surface area contributed by atoms with Crippen LogP contribution in [-0.2, 0) is 0 Å². The number of nitrogens with zero attached hydrogens (tertiary/aromatic N) is 3. The maximum atomic E-state index is 13.8. The quantitative estimate of drug-likeness (QED) is 0.729. The van der Waals surface area contributed by atoms with Crippen LogP contribution in [0.3, 0.4) is 0 Å². The molecule has 3 aromatic rings. The number of nitrogens with one attached hydrogen (secondary N) is 1. The first-order valence-corrected chi connectivity index (χ1v) is 8.96. The molecule has 28 heavy (non-hydrogen) atoms. The van der Waals surface area contributed by atoms with Gasteiger partial charge in [0.25, 0.3) is 0 Å². The van der Waals surface area contributed by atoms with Crippen molar-refractivity contribution < 1.29 is 18.4 Å². The van der Waals surface area contributed by atoms with Crippen LogP contribution >= 0.6 is 0 Å². The summed E-state index contributed by atoms with van der Waals surface area (Å²) in [6, 6.07) is 12.6. The number of carbonyl (C=O) groups excluding carboxylic acids is 1. The van der Waals surface area contributed by atoms with E-state index in [2.05, 4.69) is 15.5 Å². The van der Waals surface area contributed by atoms with Crippen molar-refractivity contribution in [3.05, 3.63) is 60.2 Å². The van der Waals surface area contributed by atoms with E-state index >= 15 is 0 Å². The Morgan fingerprint density at radius 2 is 2.04 bits per heavy atom. The maximum Gasteiger partial charge on any atom is 0.322 e. The van der Waals surface area contributed by atoms with Gasteiger partial charge in [0, 0.05) is 12.1 Å². The fraction of sp³-hybridized carbons (Fsp3) is 0.250. The molecule has 1 atom stereocenters. The van der Waals surface area contributed by atoms with Gasteiger partial charge >= 0.3 is 6.03 Å². The number of aromatic nitrogens is 2. The Morgan fingerprint density at radius 1 is 1.25 bits per heavy atom. The SMILES string of the molecule is COc1ccc(-c2noc([C@@H]3CCCN3C(=O)Nc3ccccc3F)n2)cc1. The number of likely N-dealkylation sites (tertiary alicyclic amines) is 1. The molecule has 1 saturated heterocycles. The molecular formula is C20H19FN4O3. The zero-order chi connectivity index (χ0) is 19.5. The van der Waals surface area contributed by atoms with Gasteiger partial charge in [-0.1, -0.05) is 17.3 Å². The summed E-state index contributed by atoms with van der Waals surface area (Å²) >= 11 is 0. The van der Waals surface area contributed by atoms with Gasteiger partial charge < -0.3 is 19.5 Å². The summed E-state index contributed by atoms with van der Waals surface area (Å²) < 4.78 is 24.4. The average molecular weight is 382 g/mol. The van der Waals surface area contributed by atoms with Gasteiger partial charge in [-0.3, -0.25) is 0 Å². The molecule has 1 aliphatic rings. The minimum absolute atomic E-state index is 0.141. The molecule has 0 unspecified atom stereocenters. The van der Waals surface area contributed by atoms with E-state index in [4.69, 9.17) is 9.26 Å². The molecule has 0 spiro atoms. The number of amides is 2. The van der Waals surface area contributed by atoms with Crippen LogP contribution in [0.15, 0.2) is 53.1 Å². The number of hydrogen-bond donors (Lipinski definition) is 1. The highest BCUT2D eigenvalue weighted by molar-refractivity contribution is 5.89. The lowest BCUT2D eigenvalue weighted by Gasteiger charge is -2.22. The lowest BCUT2D eigenvalue weighted by molar-refractivity contribution is 0.193. The van der Waals surface area contributed by atoms with E-state index in [0.29, 0.717) is 24.7 Å². The number of benzene rings is 2. The number of carbonyl (C=O) groups is 1. The van der Waals surface area contributed by atoms with Crippen LogP contribution in [0, 0.1) is 5.82 Å². The summed E-state index contributed by atoms with van der Waals surface area (Å²) in [5.74, 6) is 1.07. The van der Waals surface area contributed by atoms with Gasteiger partial charge in [-0.15, -0.1) is 0 Å². The molecular weight excluding hydrogens is 363 g/mol. The normalized spacial score (nSPS) is 16.2. The van der Waals surface area contributed by atoms with E-state index in [-0.39, 0.29) is 11.7 Å². The van der Waals surface area contributed by atoms with Crippen molar-refractivity contribution in [3.63, 3.8) is 0 Å². The minimum Gasteiger partial charge on any atom is -0.497 e. The lowest BCUT2D eigenvalue weighted by atomic mass is 10.2. The molecule has 1 fully saturated rings. The molecule has 0 radical (unpaired) electrons. The summed E-state index contributed by atoms with van der Waals surface area (Å²) in [5, 5.41) is 6.64. The van der Waals surface area contributed by atoms with Gasteiger partial charge in [0.15, 0.2) is 0 Å². The predicted molar refractivity (Wildman–Crippen MR) is 100 cm³/mol. The fourth-order valence-corrected chi connectivity index (χ4v) is 3.24. The van der Waals surface area contributed by atoms with E-state index in [0.717, 1.165) is 17.7 Å². The molecule has 2 aromatic carbocycles. The smallest absolute Gasteiger partial charge is 0.322 e. The van der Waals surface area contributed by atoms with Gasteiger partial charge in [0.1, 0.15) is 17.6 Å². The highest BCUT2D eigenvalue weighted by atomic mass is 19.1. The number of para-hydroxylation sites is 1. The summed E-state index contributed by atoms with van der Waals surface area (Å²) in [6.07, 6.45) is 1.50. The topological polar surface area (TPSA) is 80.5 Å². The van der Waals surface area contributed by atoms with Crippen LogP contribution in [0.4, 0.5) is 14.9 Å². The Kier molecular flexibility index (Phi) is 4.92. The van der Waals surface area contributed by atoms with Crippen molar-refractivity contribution in [3.8, 4) is 17.1 Å². The number of urea groups is 1. The minimum atomic E-state index is -0.480. The van der Waals surface area contributed by atoms with Crippen molar-refractivity contribution >= 4 is 11.7 Å². The van der Waals surface area contributed by atoms with Crippen LogP contribution in [0.5, 0.6) is 5.75 Å². The number of rotatable bonds is 4. The standard InChI is InChI=1S/C20H19FN4O3/c1-27-14-10-8-13(9-11-14)18-23-19(28-24-18)17-7-4-12-25(17)20(26)22-16-6-3-2-5-15(16)21/h2-3,5-6,8-11,17H,4,7,12H2,1H3,(H,22,26)/t17-/m0/s1. The van der Waals surface area contributed by atoms with Gasteiger partial charge in [-0.25, -0.2) is 9.18 Å². The van der Waals surface area contributed by atoms with Crippen LogP contribution in [-0.4, -0.2) is 34.7 Å². The summed E-state index contributed by atoms with van der Waals surface area (Å²) in [6.45, 7) is 0.533.